The van der Waals surface area contributed by atoms with Crippen molar-refractivity contribution in [1.82, 2.24) is 4.98 Å². The van der Waals surface area contributed by atoms with Crippen LogP contribution in [0.4, 0.5) is 0 Å². The number of hydrogen-bond acceptors (Lipinski definition) is 3. The second-order valence-corrected chi connectivity index (χ2v) is 7.80. The number of aryl methyl sites for hydroxylation is 1. The monoisotopic (exact) mass is 376 g/mol. The zero-order chi connectivity index (χ0) is 19.3. The van der Waals surface area contributed by atoms with Crippen LogP contribution in [0.15, 0.2) is 48.7 Å². The van der Waals surface area contributed by atoms with Crippen LogP contribution in [0.1, 0.15) is 44.1 Å². The summed E-state index contributed by atoms with van der Waals surface area (Å²) in [4.78, 5) is 13.9. The molecule has 0 atom stereocenters. The summed E-state index contributed by atoms with van der Waals surface area (Å²) in [6.45, 7) is 0.767. The standard InChI is InChI=1S/C24H27NO3/c26-24(27)7-3-6-17-8-11-23(28-16-18-4-1-2-5-18)21(14-17)19-9-10-22-20(15-19)12-13-25-22/h8-15,18,25H,1-7,16H2,(H,26,27)/p-1. The summed E-state index contributed by atoms with van der Waals surface area (Å²) in [7, 11) is 0. The molecule has 0 aliphatic heterocycles. The number of hydrogen-bond donors (Lipinski definition) is 1. The molecule has 0 radical (unpaired) electrons. The number of aliphatic carboxylic acids is 1. The van der Waals surface area contributed by atoms with Crippen LogP contribution in [0, 0.1) is 5.92 Å². The zero-order valence-corrected chi connectivity index (χ0v) is 16.1. The number of carbonyl (C=O) groups excluding carboxylic acids is 1. The Morgan fingerprint density at radius 1 is 1.11 bits per heavy atom. The van der Waals surface area contributed by atoms with E-state index < -0.39 is 5.97 Å². The first-order valence-electron chi connectivity index (χ1n) is 10.2. The largest absolute Gasteiger partial charge is 0.550 e. The van der Waals surface area contributed by atoms with Gasteiger partial charge in [-0.1, -0.05) is 25.0 Å². The van der Waals surface area contributed by atoms with E-state index in [4.69, 9.17) is 4.74 Å². The first-order valence-corrected chi connectivity index (χ1v) is 10.2. The summed E-state index contributed by atoms with van der Waals surface area (Å²) in [5, 5.41) is 11.9. The molecule has 0 unspecified atom stereocenters. The SMILES string of the molecule is O=C([O-])CCCc1ccc(OCC2CCCC2)c(-c2ccc3[nH]ccc3c2)c1. The fourth-order valence-corrected chi connectivity index (χ4v) is 4.13. The maximum Gasteiger partial charge on any atom is 0.127 e. The number of nitrogens with one attached hydrogen (secondary N) is 1. The molecule has 28 heavy (non-hydrogen) atoms. The normalized spacial score (nSPS) is 14.6. The molecule has 0 bridgehead atoms. The Kier molecular flexibility index (Phi) is 5.65. The number of rotatable bonds is 8. The van der Waals surface area contributed by atoms with E-state index in [0.29, 0.717) is 12.3 Å². The highest BCUT2D eigenvalue weighted by atomic mass is 16.5. The summed E-state index contributed by atoms with van der Waals surface area (Å²) < 4.78 is 6.25. The van der Waals surface area contributed by atoms with Gasteiger partial charge in [0.1, 0.15) is 5.75 Å². The second-order valence-electron chi connectivity index (χ2n) is 7.80. The van der Waals surface area contributed by atoms with Gasteiger partial charge in [0.2, 0.25) is 0 Å². The summed E-state index contributed by atoms with van der Waals surface area (Å²) in [6.07, 6.45) is 8.47. The number of aromatic amines is 1. The van der Waals surface area contributed by atoms with Gasteiger partial charge in [0.25, 0.3) is 0 Å². The number of benzene rings is 2. The Labute approximate surface area is 165 Å². The molecule has 4 heteroatoms. The molecule has 1 aromatic heterocycles. The molecule has 3 aromatic rings. The van der Waals surface area contributed by atoms with Gasteiger partial charge < -0.3 is 19.6 Å². The third-order valence-electron chi connectivity index (χ3n) is 5.70. The van der Waals surface area contributed by atoms with Crippen LogP contribution in [0.3, 0.4) is 0 Å². The van der Waals surface area contributed by atoms with Crippen molar-refractivity contribution in [3.63, 3.8) is 0 Å². The Balaban J connectivity index is 1.60. The Bertz CT molecular complexity index is 953. The van der Waals surface area contributed by atoms with Crippen LogP contribution in [0.5, 0.6) is 5.75 Å². The number of fused-ring (bicyclic) bond motifs is 1. The van der Waals surface area contributed by atoms with Crippen molar-refractivity contribution in [2.75, 3.05) is 6.61 Å². The van der Waals surface area contributed by atoms with Crippen LogP contribution in [-0.4, -0.2) is 17.6 Å². The molecule has 1 N–H and O–H groups in total. The maximum atomic E-state index is 10.7. The number of aromatic nitrogens is 1. The van der Waals surface area contributed by atoms with E-state index in [9.17, 15) is 9.90 Å². The first-order chi connectivity index (χ1) is 13.7. The Morgan fingerprint density at radius 2 is 1.96 bits per heavy atom. The number of H-pyrrole nitrogens is 1. The molecular formula is C24H26NO3-. The van der Waals surface area contributed by atoms with E-state index in [1.165, 1.54) is 31.1 Å². The van der Waals surface area contributed by atoms with E-state index >= 15 is 0 Å². The van der Waals surface area contributed by atoms with Crippen molar-refractivity contribution in [2.24, 2.45) is 5.92 Å². The van der Waals surface area contributed by atoms with Gasteiger partial charge in [-0.25, -0.2) is 0 Å². The Hall–Kier alpha value is -2.75. The van der Waals surface area contributed by atoms with E-state index in [1.54, 1.807) is 0 Å². The summed E-state index contributed by atoms with van der Waals surface area (Å²) >= 11 is 0. The highest BCUT2D eigenvalue weighted by molar-refractivity contribution is 5.86. The minimum absolute atomic E-state index is 0.0879. The highest BCUT2D eigenvalue weighted by Crippen LogP contribution is 2.34. The average Bonchev–Trinajstić information content (AvgIpc) is 3.37. The van der Waals surface area contributed by atoms with Crippen molar-refractivity contribution in [2.45, 2.75) is 44.9 Å². The molecule has 146 valence electrons. The first kappa shape index (κ1) is 18.6. The average molecular weight is 376 g/mol. The summed E-state index contributed by atoms with van der Waals surface area (Å²) in [6, 6.07) is 14.7. The molecular weight excluding hydrogens is 350 g/mol. The number of carboxylic acid groups (broad SMARTS) is 1. The maximum absolute atomic E-state index is 10.7. The topological polar surface area (TPSA) is 65.2 Å². The lowest BCUT2D eigenvalue weighted by molar-refractivity contribution is -0.305. The number of ether oxygens (including phenoxy) is 1. The Morgan fingerprint density at radius 3 is 2.79 bits per heavy atom. The molecule has 1 heterocycles. The fourth-order valence-electron chi connectivity index (χ4n) is 4.13. The van der Waals surface area contributed by atoms with Crippen LogP contribution in [0.25, 0.3) is 22.0 Å². The van der Waals surface area contributed by atoms with Gasteiger partial charge in [0.15, 0.2) is 0 Å². The summed E-state index contributed by atoms with van der Waals surface area (Å²) in [5.41, 5.74) is 4.43. The van der Waals surface area contributed by atoms with Gasteiger partial charge in [-0.15, -0.1) is 0 Å². The van der Waals surface area contributed by atoms with E-state index in [-0.39, 0.29) is 6.42 Å². The minimum Gasteiger partial charge on any atom is -0.550 e. The van der Waals surface area contributed by atoms with Crippen molar-refractivity contribution >= 4 is 16.9 Å². The number of carboxylic acids is 1. The molecule has 1 aliphatic carbocycles. The second kappa shape index (κ2) is 8.51. The van der Waals surface area contributed by atoms with Gasteiger partial charge in [-0.3, -0.25) is 0 Å². The van der Waals surface area contributed by atoms with Crippen molar-refractivity contribution in [3.8, 4) is 16.9 Å². The molecule has 1 saturated carbocycles. The molecule has 4 rings (SSSR count). The smallest absolute Gasteiger partial charge is 0.127 e. The van der Waals surface area contributed by atoms with E-state index in [2.05, 4.69) is 41.4 Å². The molecule has 1 aliphatic rings. The molecule has 4 nitrogen and oxygen atoms in total. The van der Waals surface area contributed by atoms with Gasteiger partial charge in [0, 0.05) is 23.2 Å². The van der Waals surface area contributed by atoms with Gasteiger partial charge >= 0.3 is 0 Å². The molecule has 0 amide bonds. The van der Waals surface area contributed by atoms with Crippen molar-refractivity contribution in [3.05, 3.63) is 54.2 Å². The third kappa shape index (κ3) is 4.38. The van der Waals surface area contributed by atoms with Crippen LogP contribution in [-0.2, 0) is 11.2 Å². The van der Waals surface area contributed by atoms with Gasteiger partial charge in [-0.05, 0) is 84.9 Å². The van der Waals surface area contributed by atoms with Crippen molar-refractivity contribution in [1.29, 1.82) is 0 Å². The van der Waals surface area contributed by atoms with Crippen LogP contribution < -0.4 is 9.84 Å². The third-order valence-corrected chi connectivity index (χ3v) is 5.70. The van der Waals surface area contributed by atoms with E-state index in [1.807, 2.05) is 12.3 Å². The van der Waals surface area contributed by atoms with Crippen molar-refractivity contribution < 1.29 is 14.6 Å². The fraction of sp³-hybridized carbons (Fsp3) is 0.375. The lowest BCUT2D eigenvalue weighted by Crippen LogP contribution is -2.21. The molecule has 0 saturated heterocycles. The molecule has 2 aromatic carbocycles. The van der Waals surface area contributed by atoms with Crippen LogP contribution in [0.2, 0.25) is 0 Å². The molecule has 1 fully saturated rings. The predicted molar refractivity (Wildman–Crippen MR) is 109 cm³/mol. The minimum atomic E-state index is -0.991. The quantitative estimate of drug-likeness (QED) is 0.630. The van der Waals surface area contributed by atoms with E-state index in [0.717, 1.165) is 41.0 Å². The molecule has 0 spiro atoms. The highest BCUT2D eigenvalue weighted by Gasteiger charge is 2.17. The van der Waals surface area contributed by atoms with Crippen LogP contribution >= 0.6 is 0 Å². The lowest BCUT2D eigenvalue weighted by atomic mass is 9.98. The van der Waals surface area contributed by atoms with Gasteiger partial charge in [-0.2, -0.15) is 0 Å². The number of carbonyl (C=O) groups is 1. The summed E-state index contributed by atoms with van der Waals surface area (Å²) in [5.74, 6) is 0.572. The van der Waals surface area contributed by atoms with Gasteiger partial charge in [0.05, 0.1) is 6.61 Å². The zero-order valence-electron chi connectivity index (χ0n) is 16.1. The predicted octanol–water partition coefficient (Wildman–Crippen LogP) is 4.48. The lowest BCUT2D eigenvalue weighted by Gasteiger charge is -2.16.